The smallest absolute Gasteiger partial charge is 0.375 e. The lowest BCUT2D eigenvalue weighted by Crippen LogP contribution is -2.30. The van der Waals surface area contributed by atoms with Crippen LogP contribution in [-0.4, -0.2) is 24.5 Å². The highest BCUT2D eigenvalue weighted by Gasteiger charge is 2.25. The summed E-state index contributed by atoms with van der Waals surface area (Å²) in [5.41, 5.74) is 1.21. The third-order valence-corrected chi connectivity index (χ3v) is 3.60. The zero-order valence-electron chi connectivity index (χ0n) is 11.4. The Bertz CT molecular complexity index is 718. The Morgan fingerprint density at radius 3 is 2.90 bits per heavy atom. The van der Waals surface area contributed by atoms with Gasteiger partial charge in [0.1, 0.15) is 5.58 Å². The van der Waals surface area contributed by atoms with E-state index >= 15 is 0 Å². The Hall–Kier alpha value is -2.01. The van der Waals surface area contributed by atoms with Crippen LogP contribution < -0.4 is 5.32 Å². The highest BCUT2D eigenvalue weighted by Crippen LogP contribution is 2.28. The normalized spacial score (nSPS) is 14.2. The van der Waals surface area contributed by atoms with Crippen LogP contribution in [0.25, 0.3) is 11.0 Å². The SMILES string of the molecule is Cc1c(C(=O)OCC(=O)NC2CC2)oc2ccc(Cl)cc12. The van der Waals surface area contributed by atoms with Crippen molar-refractivity contribution in [2.45, 2.75) is 25.8 Å². The number of halogens is 1. The largest absolute Gasteiger partial charge is 0.450 e. The van der Waals surface area contributed by atoms with Crippen molar-refractivity contribution < 1.29 is 18.7 Å². The van der Waals surface area contributed by atoms with Crippen LogP contribution in [0, 0.1) is 6.92 Å². The van der Waals surface area contributed by atoms with Gasteiger partial charge in [-0.05, 0) is 38.0 Å². The molecule has 1 aromatic carbocycles. The number of amides is 1. The molecule has 1 N–H and O–H groups in total. The van der Waals surface area contributed by atoms with Crippen LogP contribution in [0.1, 0.15) is 29.0 Å². The summed E-state index contributed by atoms with van der Waals surface area (Å²) in [6.45, 7) is 1.45. The van der Waals surface area contributed by atoms with Crippen molar-refractivity contribution in [3.05, 3.63) is 34.5 Å². The first kappa shape index (κ1) is 13.9. The zero-order chi connectivity index (χ0) is 15.0. The average molecular weight is 308 g/mol. The van der Waals surface area contributed by atoms with Gasteiger partial charge in [0.25, 0.3) is 5.91 Å². The van der Waals surface area contributed by atoms with Crippen LogP contribution in [0.4, 0.5) is 0 Å². The molecule has 0 aliphatic heterocycles. The number of hydrogen-bond acceptors (Lipinski definition) is 4. The van der Waals surface area contributed by atoms with Gasteiger partial charge in [-0.1, -0.05) is 11.6 Å². The molecule has 0 spiro atoms. The molecule has 1 aliphatic carbocycles. The fourth-order valence-electron chi connectivity index (χ4n) is 2.08. The molecule has 3 rings (SSSR count). The Morgan fingerprint density at radius 2 is 2.19 bits per heavy atom. The summed E-state index contributed by atoms with van der Waals surface area (Å²) < 4.78 is 10.5. The van der Waals surface area contributed by atoms with Gasteiger partial charge in [-0.15, -0.1) is 0 Å². The van der Waals surface area contributed by atoms with Gasteiger partial charge in [-0.25, -0.2) is 4.79 Å². The lowest BCUT2D eigenvalue weighted by atomic mass is 10.1. The second-order valence-electron chi connectivity index (χ2n) is 5.11. The number of rotatable bonds is 4. The standard InChI is InChI=1S/C15H14ClNO4/c1-8-11-6-9(16)2-5-12(11)21-14(8)15(19)20-7-13(18)17-10-3-4-10/h2,5-6,10H,3-4,7H2,1H3,(H,17,18). The van der Waals surface area contributed by atoms with Gasteiger partial charge in [0.15, 0.2) is 6.61 Å². The summed E-state index contributed by atoms with van der Waals surface area (Å²) in [4.78, 5) is 23.5. The summed E-state index contributed by atoms with van der Waals surface area (Å²) in [6, 6.07) is 5.35. The molecular weight excluding hydrogens is 294 g/mol. The first-order chi connectivity index (χ1) is 10.0. The van der Waals surface area contributed by atoms with E-state index in [0.717, 1.165) is 18.2 Å². The van der Waals surface area contributed by atoms with Gasteiger partial charge >= 0.3 is 5.97 Å². The molecule has 5 nitrogen and oxygen atoms in total. The number of fused-ring (bicyclic) bond motifs is 1. The Morgan fingerprint density at radius 1 is 1.43 bits per heavy atom. The Kier molecular flexibility index (Phi) is 3.59. The summed E-state index contributed by atoms with van der Waals surface area (Å²) in [7, 11) is 0. The van der Waals surface area contributed by atoms with E-state index in [4.69, 9.17) is 20.8 Å². The van der Waals surface area contributed by atoms with Gasteiger partial charge in [-0.2, -0.15) is 0 Å². The van der Waals surface area contributed by atoms with Crippen molar-refractivity contribution in [3.63, 3.8) is 0 Å². The number of carbonyl (C=O) groups excluding carboxylic acids is 2. The van der Waals surface area contributed by atoms with E-state index in [-0.39, 0.29) is 24.3 Å². The number of furan rings is 1. The minimum Gasteiger partial charge on any atom is -0.450 e. The third-order valence-electron chi connectivity index (χ3n) is 3.36. The topological polar surface area (TPSA) is 68.5 Å². The number of esters is 1. The van der Waals surface area contributed by atoms with Crippen LogP contribution in [-0.2, 0) is 9.53 Å². The number of aryl methyl sites for hydroxylation is 1. The summed E-state index contributed by atoms with van der Waals surface area (Å²) in [5, 5.41) is 4.07. The number of ether oxygens (including phenoxy) is 1. The minimum atomic E-state index is -0.647. The fraction of sp³-hybridized carbons (Fsp3) is 0.333. The molecule has 1 heterocycles. The molecule has 0 atom stereocenters. The maximum absolute atomic E-state index is 12.0. The molecular formula is C15H14ClNO4. The quantitative estimate of drug-likeness (QED) is 0.882. The molecule has 1 fully saturated rings. The van der Waals surface area contributed by atoms with Crippen LogP contribution in [0.2, 0.25) is 5.02 Å². The van der Waals surface area contributed by atoms with Crippen molar-refractivity contribution in [2.75, 3.05) is 6.61 Å². The molecule has 0 saturated heterocycles. The van der Waals surface area contributed by atoms with Crippen molar-refractivity contribution in [2.24, 2.45) is 0 Å². The molecule has 1 amide bonds. The van der Waals surface area contributed by atoms with E-state index in [1.807, 2.05) is 0 Å². The first-order valence-electron chi connectivity index (χ1n) is 6.70. The molecule has 1 aliphatic rings. The summed E-state index contributed by atoms with van der Waals surface area (Å²) >= 11 is 5.93. The highest BCUT2D eigenvalue weighted by atomic mass is 35.5. The highest BCUT2D eigenvalue weighted by molar-refractivity contribution is 6.31. The monoisotopic (exact) mass is 307 g/mol. The molecule has 0 radical (unpaired) electrons. The van der Waals surface area contributed by atoms with Crippen molar-refractivity contribution in [1.29, 1.82) is 0 Å². The molecule has 2 aromatic rings. The van der Waals surface area contributed by atoms with E-state index in [2.05, 4.69) is 5.32 Å². The second-order valence-corrected chi connectivity index (χ2v) is 5.55. The van der Waals surface area contributed by atoms with Crippen LogP contribution in [0.5, 0.6) is 0 Å². The molecule has 0 bridgehead atoms. The van der Waals surface area contributed by atoms with Gasteiger partial charge in [0.05, 0.1) is 0 Å². The number of benzene rings is 1. The van der Waals surface area contributed by atoms with Crippen molar-refractivity contribution >= 4 is 34.4 Å². The molecule has 1 saturated carbocycles. The van der Waals surface area contributed by atoms with E-state index in [9.17, 15) is 9.59 Å². The van der Waals surface area contributed by atoms with E-state index < -0.39 is 5.97 Å². The fourth-order valence-corrected chi connectivity index (χ4v) is 2.25. The summed E-state index contributed by atoms with van der Waals surface area (Å²) in [5.74, 6) is -0.833. The number of nitrogens with one attached hydrogen (secondary N) is 1. The molecule has 21 heavy (non-hydrogen) atoms. The number of carbonyl (C=O) groups is 2. The van der Waals surface area contributed by atoms with Crippen LogP contribution >= 0.6 is 11.6 Å². The average Bonchev–Trinajstić information content (AvgIpc) is 3.20. The maximum Gasteiger partial charge on any atom is 0.375 e. The predicted molar refractivity (Wildman–Crippen MR) is 77.4 cm³/mol. The van der Waals surface area contributed by atoms with E-state index in [0.29, 0.717) is 16.2 Å². The predicted octanol–water partition coefficient (Wildman–Crippen LogP) is 2.83. The zero-order valence-corrected chi connectivity index (χ0v) is 12.2. The Labute approximate surface area is 126 Å². The van der Waals surface area contributed by atoms with Crippen LogP contribution in [0.15, 0.2) is 22.6 Å². The minimum absolute atomic E-state index is 0.103. The summed E-state index contributed by atoms with van der Waals surface area (Å²) in [6.07, 6.45) is 1.98. The van der Waals surface area contributed by atoms with Crippen molar-refractivity contribution in [3.8, 4) is 0 Å². The lowest BCUT2D eigenvalue weighted by molar-refractivity contribution is -0.124. The van der Waals surface area contributed by atoms with Crippen LogP contribution in [0.3, 0.4) is 0 Å². The third kappa shape index (κ3) is 3.03. The maximum atomic E-state index is 12.0. The molecule has 6 heteroatoms. The molecule has 0 unspecified atom stereocenters. The second kappa shape index (κ2) is 5.41. The van der Waals surface area contributed by atoms with Gasteiger partial charge in [0.2, 0.25) is 5.76 Å². The van der Waals surface area contributed by atoms with Gasteiger partial charge in [-0.3, -0.25) is 4.79 Å². The van der Waals surface area contributed by atoms with Crippen molar-refractivity contribution in [1.82, 2.24) is 5.32 Å². The lowest BCUT2D eigenvalue weighted by Gasteiger charge is -2.04. The first-order valence-corrected chi connectivity index (χ1v) is 7.07. The van der Waals surface area contributed by atoms with E-state index in [1.165, 1.54) is 0 Å². The molecule has 1 aromatic heterocycles. The van der Waals surface area contributed by atoms with E-state index in [1.54, 1.807) is 25.1 Å². The van der Waals surface area contributed by atoms with Gasteiger partial charge < -0.3 is 14.5 Å². The number of hydrogen-bond donors (Lipinski definition) is 1. The Balaban J connectivity index is 1.71. The van der Waals surface area contributed by atoms with Gasteiger partial charge in [0, 0.05) is 22.0 Å². The molecule has 110 valence electrons.